The molecule has 1 aromatic carbocycles. The van der Waals surface area contributed by atoms with Gasteiger partial charge in [0.2, 0.25) is 5.91 Å². The third-order valence-corrected chi connectivity index (χ3v) is 2.67. The molecule has 1 N–H and O–H groups in total. The van der Waals surface area contributed by atoms with Crippen LogP contribution in [0, 0.1) is 0 Å². The number of anilines is 1. The minimum absolute atomic E-state index is 0.128. The Hall–Kier alpha value is -2.24. The van der Waals surface area contributed by atoms with E-state index in [2.05, 4.69) is 27.8 Å². The predicted octanol–water partition coefficient (Wildman–Crippen LogP) is 0.954. The van der Waals surface area contributed by atoms with Gasteiger partial charge in [0.25, 0.3) is 0 Å². The van der Waals surface area contributed by atoms with Crippen molar-refractivity contribution in [2.45, 2.75) is 19.8 Å². The summed E-state index contributed by atoms with van der Waals surface area (Å²) in [6.45, 7) is 2.09. The highest BCUT2D eigenvalue weighted by atomic mass is 16.1. The quantitative estimate of drug-likeness (QED) is 0.870. The van der Waals surface area contributed by atoms with Gasteiger partial charge in [0.05, 0.1) is 6.42 Å². The topological polar surface area (TPSA) is 72.7 Å². The first-order valence-corrected chi connectivity index (χ1v) is 5.79. The lowest BCUT2D eigenvalue weighted by Crippen LogP contribution is -2.17. The van der Waals surface area contributed by atoms with Crippen LogP contribution in [0.4, 0.5) is 5.69 Å². The van der Waals surface area contributed by atoms with Crippen LogP contribution in [0.5, 0.6) is 0 Å². The van der Waals surface area contributed by atoms with E-state index in [-0.39, 0.29) is 12.3 Å². The maximum atomic E-state index is 11.8. The molecule has 0 aliphatic rings. The summed E-state index contributed by atoms with van der Waals surface area (Å²) < 4.78 is 1.49. The summed E-state index contributed by atoms with van der Waals surface area (Å²) in [5, 5.41) is 13.7. The zero-order valence-electron chi connectivity index (χ0n) is 10.4. The summed E-state index contributed by atoms with van der Waals surface area (Å²) in [6.07, 6.45) is 1.15. The summed E-state index contributed by atoms with van der Waals surface area (Å²) in [5.74, 6) is 0.412. The van der Waals surface area contributed by atoms with E-state index < -0.39 is 0 Å². The van der Waals surface area contributed by atoms with Crippen molar-refractivity contribution in [1.29, 1.82) is 0 Å². The van der Waals surface area contributed by atoms with Crippen LogP contribution >= 0.6 is 0 Å². The second-order valence-electron chi connectivity index (χ2n) is 3.99. The zero-order valence-corrected chi connectivity index (χ0v) is 10.4. The summed E-state index contributed by atoms with van der Waals surface area (Å²) in [7, 11) is 1.71. The molecule has 18 heavy (non-hydrogen) atoms. The van der Waals surface area contributed by atoms with Gasteiger partial charge in [-0.3, -0.25) is 4.79 Å². The lowest BCUT2D eigenvalue weighted by Gasteiger charge is -2.05. The fraction of sp³-hybridized carbons (Fsp3) is 0.333. The van der Waals surface area contributed by atoms with Crippen molar-refractivity contribution in [3.63, 3.8) is 0 Å². The highest BCUT2D eigenvalue weighted by Gasteiger charge is 2.09. The minimum Gasteiger partial charge on any atom is -0.326 e. The number of aryl methyl sites for hydroxylation is 2. The molecule has 2 rings (SSSR count). The average Bonchev–Trinajstić information content (AvgIpc) is 2.76. The second-order valence-corrected chi connectivity index (χ2v) is 3.99. The Labute approximate surface area is 105 Å². The van der Waals surface area contributed by atoms with E-state index in [9.17, 15) is 4.79 Å². The number of carbonyl (C=O) groups excluding carboxylic acids is 1. The van der Waals surface area contributed by atoms with E-state index >= 15 is 0 Å². The Balaban J connectivity index is 1.96. The number of benzene rings is 1. The molecule has 0 aliphatic carbocycles. The minimum atomic E-state index is -0.128. The molecule has 0 unspecified atom stereocenters. The molecule has 6 nitrogen and oxygen atoms in total. The van der Waals surface area contributed by atoms with Crippen LogP contribution < -0.4 is 5.32 Å². The lowest BCUT2D eigenvalue weighted by atomic mass is 10.1. The Kier molecular flexibility index (Phi) is 3.66. The molecule has 0 fully saturated rings. The van der Waals surface area contributed by atoms with E-state index in [1.54, 1.807) is 7.05 Å². The second kappa shape index (κ2) is 5.39. The highest BCUT2D eigenvalue weighted by molar-refractivity contribution is 5.91. The van der Waals surface area contributed by atoms with Gasteiger partial charge in [-0.25, -0.2) is 4.68 Å². The van der Waals surface area contributed by atoms with Crippen LogP contribution in [-0.4, -0.2) is 26.1 Å². The van der Waals surface area contributed by atoms with Crippen LogP contribution in [0.25, 0.3) is 0 Å². The number of tetrazole rings is 1. The van der Waals surface area contributed by atoms with Crippen molar-refractivity contribution in [3.8, 4) is 0 Å². The Morgan fingerprint density at radius 3 is 2.61 bits per heavy atom. The van der Waals surface area contributed by atoms with Gasteiger partial charge < -0.3 is 5.32 Å². The standard InChI is InChI=1S/C12H15N5O/c1-3-9-4-6-10(7-5-9)13-12(18)8-11-14-15-16-17(11)2/h4-7H,3,8H2,1-2H3,(H,13,18). The predicted molar refractivity (Wildman–Crippen MR) is 67.0 cm³/mol. The van der Waals surface area contributed by atoms with Crippen LogP contribution in [0.1, 0.15) is 18.3 Å². The molecule has 0 spiro atoms. The lowest BCUT2D eigenvalue weighted by molar-refractivity contribution is -0.115. The zero-order chi connectivity index (χ0) is 13.0. The maximum absolute atomic E-state index is 11.8. The van der Waals surface area contributed by atoms with Gasteiger partial charge >= 0.3 is 0 Å². The summed E-state index contributed by atoms with van der Waals surface area (Å²) in [6, 6.07) is 7.79. The van der Waals surface area contributed by atoms with E-state index in [0.29, 0.717) is 5.82 Å². The molecule has 0 saturated heterocycles. The Morgan fingerprint density at radius 2 is 2.06 bits per heavy atom. The number of nitrogens with one attached hydrogen (secondary N) is 1. The maximum Gasteiger partial charge on any atom is 0.232 e. The molecule has 0 radical (unpaired) electrons. The molecule has 2 aromatic rings. The monoisotopic (exact) mass is 245 g/mol. The number of rotatable bonds is 4. The molecule has 0 aliphatic heterocycles. The summed E-state index contributed by atoms with van der Waals surface area (Å²) in [4.78, 5) is 11.8. The Bertz CT molecular complexity index is 532. The van der Waals surface area contributed by atoms with Crippen molar-refractivity contribution in [3.05, 3.63) is 35.7 Å². The third-order valence-electron chi connectivity index (χ3n) is 2.67. The first kappa shape index (κ1) is 12.2. The van der Waals surface area contributed by atoms with Crippen molar-refractivity contribution in [2.24, 2.45) is 7.05 Å². The van der Waals surface area contributed by atoms with Gasteiger partial charge in [-0.2, -0.15) is 0 Å². The van der Waals surface area contributed by atoms with Crippen molar-refractivity contribution in [2.75, 3.05) is 5.32 Å². The normalized spacial score (nSPS) is 10.3. The average molecular weight is 245 g/mol. The number of hydrogen-bond acceptors (Lipinski definition) is 4. The van der Waals surface area contributed by atoms with E-state index in [0.717, 1.165) is 12.1 Å². The van der Waals surface area contributed by atoms with Gasteiger partial charge in [0.15, 0.2) is 5.82 Å². The smallest absolute Gasteiger partial charge is 0.232 e. The molecule has 1 aromatic heterocycles. The third kappa shape index (κ3) is 2.91. The fourth-order valence-electron chi connectivity index (χ4n) is 1.57. The molecule has 94 valence electrons. The van der Waals surface area contributed by atoms with Crippen molar-refractivity contribution >= 4 is 11.6 Å². The van der Waals surface area contributed by atoms with Gasteiger partial charge in [-0.15, -0.1) is 5.10 Å². The number of hydrogen-bond donors (Lipinski definition) is 1. The molecule has 0 bridgehead atoms. The van der Waals surface area contributed by atoms with Crippen molar-refractivity contribution in [1.82, 2.24) is 20.2 Å². The summed E-state index contributed by atoms with van der Waals surface area (Å²) in [5.41, 5.74) is 2.03. The highest BCUT2D eigenvalue weighted by Crippen LogP contribution is 2.10. The molecule has 6 heteroatoms. The van der Waals surface area contributed by atoms with E-state index in [4.69, 9.17) is 0 Å². The molecular formula is C12H15N5O. The van der Waals surface area contributed by atoms with Crippen LogP contribution in [0.3, 0.4) is 0 Å². The van der Waals surface area contributed by atoms with Gasteiger partial charge in [-0.05, 0) is 34.5 Å². The molecule has 1 amide bonds. The molecule has 0 saturated carbocycles. The van der Waals surface area contributed by atoms with Gasteiger partial charge in [-0.1, -0.05) is 19.1 Å². The number of aromatic nitrogens is 4. The van der Waals surface area contributed by atoms with E-state index in [1.807, 2.05) is 24.3 Å². The molecule has 0 atom stereocenters. The van der Waals surface area contributed by atoms with Crippen molar-refractivity contribution < 1.29 is 4.79 Å². The van der Waals surface area contributed by atoms with Crippen LogP contribution in [0.2, 0.25) is 0 Å². The Morgan fingerprint density at radius 1 is 1.33 bits per heavy atom. The van der Waals surface area contributed by atoms with E-state index in [1.165, 1.54) is 10.2 Å². The van der Waals surface area contributed by atoms with Gasteiger partial charge in [0, 0.05) is 12.7 Å². The fourth-order valence-corrected chi connectivity index (χ4v) is 1.57. The number of nitrogens with zero attached hydrogens (tertiary/aromatic N) is 4. The number of carbonyl (C=O) groups is 1. The number of amides is 1. The first-order valence-electron chi connectivity index (χ1n) is 5.79. The van der Waals surface area contributed by atoms with Crippen LogP contribution in [-0.2, 0) is 24.7 Å². The molecule has 1 heterocycles. The SMILES string of the molecule is CCc1ccc(NC(=O)Cc2nnnn2C)cc1. The van der Waals surface area contributed by atoms with Crippen LogP contribution in [0.15, 0.2) is 24.3 Å². The first-order chi connectivity index (χ1) is 8.69. The summed E-state index contributed by atoms with van der Waals surface area (Å²) >= 11 is 0. The largest absolute Gasteiger partial charge is 0.326 e. The van der Waals surface area contributed by atoms with Gasteiger partial charge in [0.1, 0.15) is 0 Å². The molecular weight excluding hydrogens is 230 g/mol.